The largest absolute Gasteiger partial charge is 0.376 e. The van der Waals surface area contributed by atoms with E-state index in [9.17, 15) is 18.0 Å². The maximum Gasteiger partial charge on any atom is 0.269 e. The average Bonchev–Trinajstić information content (AvgIpc) is 2.77. The Balaban J connectivity index is 1.58. The van der Waals surface area contributed by atoms with Crippen LogP contribution in [0.15, 0.2) is 77.7 Å². The summed E-state index contributed by atoms with van der Waals surface area (Å²) in [7, 11) is -3.89. The van der Waals surface area contributed by atoms with Gasteiger partial charge in [0, 0.05) is 16.9 Å². The molecule has 3 aromatic rings. The van der Waals surface area contributed by atoms with Crippen LogP contribution in [-0.2, 0) is 14.8 Å². The highest BCUT2D eigenvalue weighted by Crippen LogP contribution is 2.18. The molecule has 166 valence electrons. The normalized spacial score (nSPS) is 10.8. The van der Waals surface area contributed by atoms with Crippen molar-refractivity contribution in [3.63, 3.8) is 0 Å². The Hall–Kier alpha value is -3.85. The van der Waals surface area contributed by atoms with Crippen LogP contribution in [0.25, 0.3) is 0 Å². The monoisotopic (exact) mass is 452 g/mol. The van der Waals surface area contributed by atoms with Gasteiger partial charge in [0.15, 0.2) is 0 Å². The van der Waals surface area contributed by atoms with E-state index in [4.69, 9.17) is 0 Å². The van der Waals surface area contributed by atoms with E-state index < -0.39 is 21.8 Å². The molecular formula is C23H24N4O4S. The zero-order valence-corrected chi connectivity index (χ0v) is 18.5. The number of sulfonamides is 1. The van der Waals surface area contributed by atoms with Crippen LogP contribution in [0.5, 0.6) is 0 Å². The summed E-state index contributed by atoms with van der Waals surface area (Å²) < 4.78 is 27.8. The summed E-state index contributed by atoms with van der Waals surface area (Å²) in [5.41, 5.74) is 7.88. The number of nitrogens with one attached hydrogen (secondary N) is 4. The molecule has 3 rings (SSSR count). The van der Waals surface area contributed by atoms with Crippen molar-refractivity contribution in [3.05, 3.63) is 89.5 Å². The molecule has 9 heteroatoms. The van der Waals surface area contributed by atoms with E-state index in [1.165, 1.54) is 24.3 Å². The maximum absolute atomic E-state index is 12.7. The van der Waals surface area contributed by atoms with E-state index in [1.807, 2.05) is 44.2 Å². The molecular weight excluding hydrogens is 428 g/mol. The van der Waals surface area contributed by atoms with Crippen LogP contribution in [0.1, 0.15) is 21.5 Å². The minimum Gasteiger partial charge on any atom is -0.376 e. The predicted octanol–water partition coefficient (Wildman–Crippen LogP) is 2.98. The lowest BCUT2D eigenvalue weighted by Crippen LogP contribution is -2.44. The van der Waals surface area contributed by atoms with Gasteiger partial charge in [-0.25, -0.2) is 8.42 Å². The fourth-order valence-corrected chi connectivity index (χ4v) is 3.92. The molecule has 8 nitrogen and oxygen atoms in total. The van der Waals surface area contributed by atoms with E-state index in [0.717, 1.165) is 16.8 Å². The molecule has 0 fully saturated rings. The molecule has 0 unspecified atom stereocenters. The van der Waals surface area contributed by atoms with Gasteiger partial charge in [-0.1, -0.05) is 35.9 Å². The van der Waals surface area contributed by atoms with Gasteiger partial charge >= 0.3 is 0 Å². The molecule has 3 aromatic carbocycles. The van der Waals surface area contributed by atoms with Crippen molar-refractivity contribution in [2.45, 2.75) is 18.7 Å². The third kappa shape index (κ3) is 6.32. The Morgan fingerprint density at radius 3 is 2.22 bits per heavy atom. The summed E-state index contributed by atoms with van der Waals surface area (Å²) in [6.45, 7) is 3.77. The van der Waals surface area contributed by atoms with Crippen LogP contribution in [-0.4, -0.2) is 26.8 Å². The van der Waals surface area contributed by atoms with Gasteiger partial charge in [-0.15, -0.1) is 0 Å². The van der Waals surface area contributed by atoms with Crippen molar-refractivity contribution in [2.75, 3.05) is 16.6 Å². The SMILES string of the molecule is Cc1ccc(NCC(=O)NNC(=O)c2cccc(S(=O)(=O)Nc3cccc(C)c3)c2)cc1. The Morgan fingerprint density at radius 2 is 1.50 bits per heavy atom. The third-order valence-electron chi connectivity index (χ3n) is 4.50. The van der Waals surface area contributed by atoms with Crippen molar-refractivity contribution in [1.29, 1.82) is 0 Å². The Labute approximate surface area is 187 Å². The summed E-state index contributed by atoms with van der Waals surface area (Å²) >= 11 is 0. The van der Waals surface area contributed by atoms with Crippen molar-refractivity contribution < 1.29 is 18.0 Å². The molecule has 0 atom stereocenters. The van der Waals surface area contributed by atoms with Crippen molar-refractivity contribution in [1.82, 2.24) is 10.9 Å². The Kier molecular flexibility index (Phi) is 7.11. The topological polar surface area (TPSA) is 116 Å². The quantitative estimate of drug-likeness (QED) is 0.411. The molecule has 0 aliphatic carbocycles. The zero-order valence-electron chi connectivity index (χ0n) is 17.7. The molecule has 0 aliphatic rings. The molecule has 0 saturated carbocycles. The number of hydrogen-bond donors (Lipinski definition) is 4. The molecule has 4 N–H and O–H groups in total. The van der Waals surface area contributed by atoms with E-state index >= 15 is 0 Å². The molecule has 0 heterocycles. The first-order chi connectivity index (χ1) is 15.2. The molecule has 0 bridgehead atoms. The van der Waals surface area contributed by atoms with E-state index in [0.29, 0.717) is 5.69 Å². The number of hydrazine groups is 1. The fraction of sp³-hybridized carbons (Fsp3) is 0.130. The first-order valence-corrected chi connectivity index (χ1v) is 11.3. The highest BCUT2D eigenvalue weighted by Gasteiger charge is 2.17. The van der Waals surface area contributed by atoms with Gasteiger partial charge in [0.25, 0.3) is 21.8 Å². The summed E-state index contributed by atoms with van der Waals surface area (Å²) in [6, 6.07) is 20.0. The van der Waals surface area contributed by atoms with E-state index in [2.05, 4.69) is 20.9 Å². The smallest absolute Gasteiger partial charge is 0.269 e. The molecule has 0 spiro atoms. The number of amides is 2. The van der Waals surface area contributed by atoms with E-state index in [1.54, 1.807) is 18.2 Å². The van der Waals surface area contributed by atoms with Crippen LogP contribution >= 0.6 is 0 Å². The summed E-state index contributed by atoms with van der Waals surface area (Å²) in [5, 5.41) is 2.94. The lowest BCUT2D eigenvalue weighted by Gasteiger charge is -2.11. The second-order valence-electron chi connectivity index (χ2n) is 7.22. The molecule has 32 heavy (non-hydrogen) atoms. The first-order valence-electron chi connectivity index (χ1n) is 9.82. The number of carbonyl (C=O) groups is 2. The number of carbonyl (C=O) groups excluding carboxylic acids is 2. The number of aryl methyl sites for hydroxylation is 2. The van der Waals surface area contributed by atoms with Crippen LogP contribution in [0.4, 0.5) is 11.4 Å². The van der Waals surface area contributed by atoms with Crippen LogP contribution in [0.3, 0.4) is 0 Å². The number of benzene rings is 3. The summed E-state index contributed by atoms with van der Waals surface area (Å²) in [4.78, 5) is 24.3. The van der Waals surface area contributed by atoms with Gasteiger partial charge in [-0.2, -0.15) is 0 Å². The second-order valence-corrected chi connectivity index (χ2v) is 8.91. The minimum atomic E-state index is -3.89. The highest BCUT2D eigenvalue weighted by atomic mass is 32.2. The lowest BCUT2D eigenvalue weighted by atomic mass is 10.2. The van der Waals surface area contributed by atoms with Gasteiger partial charge in [0.05, 0.1) is 11.4 Å². The van der Waals surface area contributed by atoms with Crippen molar-refractivity contribution in [3.8, 4) is 0 Å². The van der Waals surface area contributed by atoms with Gasteiger partial charge in [-0.05, 0) is 61.9 Å². The number of rotatable bonds is 7. The Bertz CT molecular complexity index is 1220. The Morgan fingerprint density at radius 1 is 0.781 bits per heavy atom. The molecule has 0 radical (unpaired) electrons. The minimum absolute atomic E-state index is 0.0435. The fourth-order valence-electron chi connectivity index (χ4n) is 2.82. The van der Waals surface area contributed by atoms with Gasteiger partial charge in [-0.3, -0.25) is 25.2 Å². The number of anilines is 2. The molecule has 0 aromatic heterocycles. The van der Waals surface area contributed by atoms with E-state index in [-0.39, 0.29) is 17.0 Å². The van der Waals surface area contributed by atoms with Gasteiger partial charge < -0.3 is 5.32 Å². The van der Waals surface area contributed by atoms with Gasteiger partial charge in [0.2, 0.25) is 0 Å². The van der Waals surface area contributed by atoms with Crippen LogP contribution in [0, 0.1) is 13.8 Å². The van der Waals surface area contributed by atoms with Crippen LogP contribution in [0.2, 0.25) is 0 Å². The maximum atomic E-state index is 12.7. The summed E-state index contributed by atoms with van der Waals surface area (Å²) in [6.07, 6.45) is 0. The summed E-state index contributed by atoms with van der Waals surface area (Å²) in [5.74, 6) is -1.09. The lowest BCUT2D eigenvalue weighted by molar-refractivity contribution is -0.120. The number of hydrogen-bond acceptors (Lipinski definition) is 5. The average molecular weight is 453 g/mol. The van der Waals surface area contributed by atoms with Crippen molar-refractivity contribution in [2.24, 2.45) is 0 Å². The standard InChI is InChI=1S/C23H24N4O4S/c1-16-9-11-19(12-10-16)24-15-22(28)25-26-23(29)18-6-4-8-21(14-18)32(30,31)27-20-7-3-5-17(2)13-20/h3-14,24,27H,15H2,1-2H3,(H,25,28)(H,26,29). The second kappa shape index (κ2) is 9.97. The van der Waals surface area contributed by atoms with Crippen molar-refractivity contribution >= 4 is 33.2 Å². The molecule has 2 amide bonds. The first kappa shape index (κ1) is 22.8. The zero-order chi connectivity index (χ0) is 23.1. The molecule has 0 aliphatic heterocycles. The van der Waals surface area contributed by atoms with Crippen LogP contribution < -0.4 is 20.9 Å². The van der Waals surface area contributed by atoms with Gasteiger partial charge in [0.1, 0.15) is 0 Å². The highest BCUT2D eigenvalue weighted by molar-refractivity contribution is 7.92. The molecule has 0 saturated heterocycles. The third-order valence-corrected chi connectivity index (χ3v) is 5.88. The predicted molar refractivity (Wildman–Crippen MR) is 124 cm³/mol.